The lowest BCUT2D eigenvalue weighted by Crippen LogP contribution is -2.44. The van der Waals surface area contributed by atoms with E-state index >= 15 is 0 Å². The van der Waals surface area contributed by atoms with Crippen LogP contribution in [-0.4, -0.2) is 45.1 Å². The highest BCUT2D eigenvalue weighted by atomic mass is 32.2. The van der Waals surface area contributed by atoms with E-state index in [1.54, 1.807) is 13.0 Å². The number of morpholine rings is 1. The zero-order valence-corrected chi connectivity index (χ0v) is 13.1. The lowest BCUT2D eigenvalue weighted by Gasteiger charge is -2.30. The lowest BCUT2D eigenvalue weighted by molar-refractivity contribution is 0.0101. The molecule has 1 aromatic carbocycles. The molecule has 0 radical (unpaired) electrons. The molecule has 0 bridgehead atoms. The van der Waals surface area contributed by atoms with Crippen molar-refractivity contribution in [1.29, 1.82) is 0 Å². The summed E-state index contributed by atoms with van der Waals surface area (Å²) in [6, 6.07) is 4.22. The third-order valence-corrected chi connectivity index (χ3v) is 5.28. The Morgan fingerprint density at radius 1 is 1.48 bits per heavy atom. The molecule has 1 aromatic rings. The van der Waals surface area contributed by atoms with Crippen LogP contribution in [0.1, 0.15) is 19.4 Å². The van der Waals surface area contributed by atoms with Gasteiger partial charge < -0.3 is 10.1 Å². The van der Waals surface area contributed by atoms with E-state index in [-0.39, 0.29) is 24.1 Å². The number of hydrogen-bond acceptors (Lipinski definition) is 4. The zero-order valence-electron chi connectivity index (χ0n) is 12.3. The maximum atomic E-state index is 14.0. The van der Waals surface area contributed by atoms with Crippen molar-refractivity contribution in [3.8, 4) is 0 Å². The normalized spacial score (nSPS) is 20.6. The van der Waals surface area contributed by atoms with Crippen molar-refractivity contribution in [2.24, 2.45) is 0 Å². The summed E-state index contributed by atoms with van der Waals surface area (Å²) in [6.07, 6.45) is -0.179. The molecule has 0 amide bonds. The van der Waals surface area contributed by atoms with E-state index in [0.717, 1.165) is 12.1 Å². The van der Waals surface area contributed by atoms with Crippen molar-refractivity contribution in [3.05, 3.63) is 29.6 Å². The molecule has 118 valence electrons. The fraction of sp³-hybridized carbons (Fsp3) is 0.571. The van der Waals surface area contributed by atoms with Crippen molar-refractivity contribution in [2.45, 2.75) is 31.4 Å². The van der Waals surface area contributed by atoms with Crippen LogP contribution in [0.3, 0.4) is 0 Å². The summed E-state index contributed by atoms with van der Waals surface area (Å²) in [4.78, 5) is -0.257. The molecule has 1 heterocycles. The van der Waals surface area contributed by atoms with Gasteiger partial charge in [-0.15, -0.1) is 0 Å². The molecule has 0 spiro atoms. The number of hydrogen-bond donors (Lipinski definition) is 1. The Kier molecular flexibility index (Phi) is 5.32. The molecule has 7 heteroatoms. The predicted octanol–water partition coefficient (Wildman–Crippen LogP) is 1.34. The van der Waals surface area contributed by atoms with Gasteiger partial charge in [0.2, 0.25) is 10.0 Å². The molecule has 1 aliphatic heterocycles. The van der Waals surface area contributed by atoms with E-state index in [2.05, 4.69) is 5.32 Å². The van der Waals surface area contributed by atoms with E-state index in [1.807, 2.05) is 6.92 Å². The first-order valence-electron chi connectivity index (χ1n) is 7.06. The molecule has 1 fully saturated rings. The second kappa shape index (κ2) is 6.83. The maximum absolute atomic E-state index is 14.0. The Bertz CT molecular complexity index is 592. The summed E-state index contributed by atoms with van der Waals surface area (Å²) in [5, 5.41) is 3.10. The first kappa shape index (κ1) is 16.4. The second-order valence-corrected chi connectivity index (χ2v) is 7.00. The van der Waals surface area contributed by atoms with Crippen LogP contribution in [0.2, 0.25) is 0 Å². The van der Waals surface area contributed by atoms with Gasteiger partial charge in [-0.1, -0.05) is 13.0 Å². The highest BCUT2D eigenvalue weighted by Crippen LogP contribution is 2.22. The van der Waals surface area contributed by atoms with Crippen LogP contribution in [0.4, 0.5) is 4.39 Å². The van der Waals surface area contributed by atoms with Crippen LogP contribution in [0, 0.1) is 5.82 Å². The van der Waals surface area contributed by atoms with Gasteiger partial charge >= 0.3 is 0 Å². The van der Waals surface area contributed by atoms with E-state index in [9.17, 15) is 12.8 Å². The van der Waals surface area contributed by atoms with Gasteiger partial charge in [0.25, 0.3) is 0 Å². The van der Waals surface area contributed by atoms with Crippen LogP contribution in [0.5, 0.6) is 0 Å². The molecule has 5 nitrogen and oxygen atoms in total. The molecule has 1 N–H and O–H groups in total. The van der Waals surface area contributed by atoms with Crippen LogP contribution in [0.25, 0.3) is 0 Å². The molecule has 2 rings (SSSR count). The summed E-state index contributed by atoms with van der Waals surface area (Å²) < 4.78 is 45.8. The number of benzene rings is 1. The number of halogens is 1. The first-order chi connectivity index (χ1) is 9.95. The van der Waals surface area contributed by atoms with Crippen LogP contribution < -0.4 is 5.32 Å². The fourth-order valence-electron chi connectivity index (χ4n) is 2.27. The van der Waals surface area contributed by atoms with Crippen molar-refractivity contribution in [2.75, 3.05) is 26.2 Å². The summed E-state index contributed by atoms with van der Waals surface area (Å²) in [6.45, 7) is 5.87. The minimum atomic E-state index is -3.82. The Morgan fingerprint density at radius 2 is 2.24 bits per heavy atom. The van der Waals surface area contributed by atoms with Gasteiger partial charge in [0.15, 0.2) is 0 Å². The van der Waals surface area contributed by atoms with Crippen LogP contribution in [0.15, 0.2) is 23.1 Å². The average molecular weight is 316 g/mol. The van der Waals surface area contributed by atoms with Crippen LogP contribution >= 0.6 is 0 Å². The Labute approximate surface area is 125 Å². The zero-order chi connectivity index (χ0) is 15.5. The Morgan fingerprint density at radius 3 is 2.90 bits per heavy atom. The topological polar surface area (TPSA) is 58.6 Å². The fourth-order valence-corrected chi connectivity index (χ4v) is 3.88. The third-order valence-electron chi connectivity index (χ3n) is 3.40. The summed E-state index contributed by atoms with van der Waals surface area (Å²) in [5.41, 5.74) is 0.748. The number of rotatable bonds is 5. The highest BCUT2D eigenvalue weighted by Gasteiger charge is 2.31. The SMILES string of the molecule is CCNCc1ccc(F)c(S(=O)(=O)N2CCOC(C)C2)c1. The number of ether oxygens (including phenoxy) is 1. The minimum absolute atomic E-state index is 0.179. The first-order valence-corrected chi connectivity index (χ1v) is 8.50. The van der Waals surface area contributed by atoms with Gasteiger partial charge in [-0.05, 0) is 31.2 Å². The van der Waals surface area contributed by atoms with Gasteiger partial charge in [-0.2, -0.15) is 4.31 Å². The molecule has 21 heavy (non-hydrogen) atoms. The quantitative estimate of drug-likeness (QED) is 0.891. The van der Waals surface area contributed by atoms with Gasteiger partial charge in [-0.3, -0.25) is 0 Å². The van der Waals surface area contributed by atoms with E-state index in [0.29, 0.717) is 13.2 Å². The number of nitrogens with zero attached hydrogens (tertiary/aromatic N) is 1. The van der Waals surface area contributed by atoms with Crippen molar-refractivity contribution in [1.82, 2.24) is 9.62 Å². The lowest BCUT2D eigenvalue weighted by atomic mass is 10.2. The van der Waals surface area contributed by atoms with Crippen molar-refractivity contribution < 1.29 is 17.5 Å². The minimum Gasteiger partial charge on any atom is -0.376 e. The van der Waals surface area contributed by atoms with E-state index < -0.39 is 15.8 Å². The standard InChI is InChI=1S/C14H21FN2O3S/c1-3-16-9-12-4-5-13(15)14(8-12)21(18,19)17-6-7-20-11(2)10-17/h4-5,8,11,16H,3,6-7,9-10H2,1-2H3. The molecule has 1 unspecified atom stereocenters. The molecular formula is C14H21FN2O3S. The van der Waals surface area contributed by atoms with Gasteiger partial charge in [0, 0.05) is 19.6 Å². The van der Waals surface area contributed by atoms with Gasteiger partial charge in [0.05, 0.1) is 12.7 Å². The highest BCUT2D eigenvalue weighted by molar-refractivity contribution is 7.89. The molecule has 0 aromatic heterocycles. The monoisotopic (exact) mass is 316 g/mol. The Balaban J connectivity index is 2.30. The average Bonchev–Trinajstić information content (AvgIpc) is 2.46. The molecule has 1 atom stereocenters. The predicted molar refractivity (Wildman–Crippen MR) is 78.0 cm³/mol. The molecule has 0 aliphatic carbocycles. The Hall–Kier alpha value is -1.02. The van der Waals surface area contributed by atoms with Gasteiger partial charge in [-0.25, -0.2) is 12.8 Å². The second-order valence-electron chi connectivity index (χ2n) is 5.09. The largest absolute Gasteiger partial charge is 0.376 e. The molecule has 0 saturated carbocycles. The van der Waals surface area contributed by atoms with Crippen molar-refractivity contribution >= 4 is 10.0 Å². The van der Waals surface area contributed by atoms with Crippen molar-refractivity contribution in [3.63, 3.8) is 0 Å². The number of nitrogens with one attached hydrogen (secondary N) is 1. The molecule has 1 aliphatic rings. The number of sulfonamides is 1. The van der Waals surface area contributed by atoms with E-state index in [1.165, 1.54) is 16.4 Å². The summed E-state index contributed by atoms with van der Waals surface area (Å²) in [7, 11) is -3.82. The van der Waals surface area contributed by atoms with E-state index in [4.69, 9.17) is 4.74 Å². The van der Waals surface area contributed by atoms with Gasteiger partial charge in [0.1, 0.15) is 10.7 Å². The summed E-state index contributed by atoms with van der Waals surface area (Å²) in [5.74, 6) is -0.714. The molecule has 1 saturated heterocycles. The molecular weight excluding hydrogens is 295 g/mol. The van der Waals surface area contributed by atoms with Crippen LogP contribution in [-0.2, 0) is 21.3 Å². The smallest absolute Gasteiger partial charge is 0.246 e. The summed E-state index contributed by atoms with van der Waals surface area (Å²) >= 11 is 0. The maximum Gasteiger partial charge on any atom is 0.246 e. The third kappa shape index (κ3) is 3.79.